The molecule has 0 radical (unpaired) electrons. The average molecular weight is 234 g/mol. The van der Waals surface area contributed by atoms with Gasteiger partial charge in [0.05, 0.1) is 19.3 Å². The monoisotopic (exact) mass is 234 g/mol. The van der Waals surface area contributed by atoms with Crippen molar-refractivity contribution in [1.82, 2.24) is 0 Å². The summed E-state index contributed by atoms with van der Waals surface area (Å²) in [4.78, 5) is 11.5. The van der Waals surface area contributed by atoms with E-state index in [0.29, 0.717) is 19.6 Å². The average Bonchev–Trinajstić information content (AvgIpc) is 2.80. The summed E-state index contributed by atoms with van der Waals surface area (Å²) in [5, 5.41) is 0. The first-order valence-corrected chi connectivity index (χ1v) is 5.78. The van der Waals surface area contributed by atoms with Crippen LogP contribution in [0.3, 0.4) is 0 Å². The van der Waals surface area contributed by atoms with Gasteiger partial charge in [-0.3, -0.25) is 4.79 Å². The predicted octanol–water partition coefficient (Wildman–Crippen LogP) is 1.29. The maximum Gasteiger partial charge on any atom is 0.218 e. The zero-order valence-electron chi connectivity index (χ0n) is 9.37. The third-order valence-electron chi connectivity index (χ3n) is 3.10. The molecule has 0 aliphatic carbocycles. The zero-order chi connectivity index (χ0) is 11.7. The van der Waals surface area contributed by atoms with E-state index in [1.807, 2.05) is 30.3 Å². The fourth-order valence-electron chi connectivity index (χ4n) is 2.15. The molecule has 1 unspecified atom stereocenters. The lowest BCUT2D eigenvalue weighted by atomic mass is 10.1. The number of benzene rings is 1. The Morgan fingerprint density at radius 2 is 2.12 bits per heavy atom. The van der Waals surface area contributed by atoms with Gasteiger partial charge in [0.25, 0.3) is 0 Å². The Balaban J connectivity index is 1.60. The van der Waals surface area contributed by atoms with Crippen molar-refractivity contribution in [2.75, 3.05) is 6.61 Å². The maximum atomic E-state index is 11.5. The number of carbonyl (C=O) groups excluding carboxylic acids is 1. The second-order valence-electron chi connectivity index (χ2n) is 4.35. The lowest BCUT2D eigenvalue weighted by Crippen LogP contribution is -2.40. The van der Waals surface area contributed by atoms with Crippen molar-refractivity contribution in [3.63, 3.8) is 0 Å². The summed E-state index contributed by atoms with van der Waals surface area (Å²) in [5.41, 5.74) is 1.10. The summed E-state index contributed by atoms with van der Waals surface area (Å²) >= 11 is 0. The molecule has 0 spiro atoms. The molecule has 2 aliphatic heterocycles. The van der Waals surface area contributed by atoms with Gasteiger partial charge in [-0.15, -0.1) is 0 Å². The lowest BCUT2D eigenvalue weighted by molar-refractivity contribution is -0.168. The lowest BCUT2D eigenvalue weighted by Gasteiger charge is -2.26. The van der Waals surface area contributed by atoms with Crippen LogP contribution in [0.25, 0.3) is 0 Å². The number of Topliss-reactive ketones (excluding diaryl/α,β-unsaturated/α-hetero) is 1. The first-order valence-electron chi connectivity index (χ1n) is 5.78. The second kappa shape index (κ2) is 4.56. The SMILES string of the molecule is O=C1C[C@H](OCc2ccccc2)C2CO[C@@H]1O2. The molecular formula is C13H14O4. The number of carbonyl (C=O) groups is 1. The number of hydrogen-bond donors (Lipinski definition) is 0. The molecule has 3 rings (SSSR count). The molecule has 3 atom stereocenters. The number of hydrogen-bond acceptors (Lipinski definition) is 4. The van der Waals surface area contributed by atoms with E-state index in [2.05, 4.69) is 0 Å². The van der Waals surface area contributed by atoms with Crippen LogP contribution in [-0.2, 0) is 25.6 Å². The summed E-state index contributed by atoms with van der Waals surface area (Å²) in [6.45, 7) is 0.958. The Morgan fingerprint density at radius 3 is 2.94 bits per heavy atom. The number of ketones is 1. The normalized spacial score (nSPS) is 31.8. The van der Waals surface area contributed by atoms with E-state index < -0.39 is 6.29 Å². The van der Waals surface area contributed by atoms with Crippen molar-refractivity contribution in [3.8, 4) is 0 Å². The summed E-state index contributed by atoms with van der Waals surface area (Å²) < 4.78 is 16.4. The minimum atomic E-state index is -0.642. The van der Waals surface area contributed by atoms with Gasteiger partial charge in [-0.1, -0.05) is 30.3 Å². The van der Waals surface area contributed by atoms with Gasteiger partial charge in [0.2, 0.25) is 6.29 Å². The Kier molecular flexibility index (Phi) is 2.93. The number of ether oxygens (including phenoxy) is 3. The van der Waals surface area contributed by atoms with Gasteiger partial charge in [0, 0.05) is 6.42 Å². The summed E-state index contributed by atoms with van der Waals surface area (Å²) in [7, 11) is 0. The van der Waals surface area contributed by atoms with E-state index in [9.17, 15) is 4.79 Å². The summed E-state index contributed by atoms with van der Waals surface area (Å²) in [6.07, 6.45) is -0.526. The van der Waals surface area contributed by atoms with Crippen LogP contribution in [0.4, 0.5) is 0 Å². The fourth-order valence-corrected chi connectivity index (χ4v) is 2.15. The van der Waals surface area contributed by atoms with E-state index in [1.165, 1.54) is 0 Å². The van der Waals surface area contributed by atoms with Crippen LogP contribution in [0.15, 0.2) is 30.3 Å². The molecule has 1 aromatic carbocycles. The Labute approximate surface area is 99.5 Å². The molecule has 17 heavy (non-hydrogen) atoms. The van der Waals surface area contributed by atoms with Gasteiger partial charge in [0.1, 0.15) is 6.10 Å². The van der Waals surface area contributed by atoms with Crippen LogP contribution in [0.2, 0.25) is 0 Å². The molecule has 90 valence electrons. The third kappa shape index (κ3) is 2.24. The topological polar surface area (TPSA) is 44.8 Å². The third-order valence-corrected chi connectivity index (χ3v) is 3.10. The second-order valence-corrected chi connectivity index (χ2v) is 4.35. The first kappa shape index (κ1) is 10.9. The molecule has 2 saturated heterocycles. The molecule has 0 amide bonds. The molecule has 4 heteroatoms. The van der Waals surface area contributed by atoms with Crippen LogP contribution >= 0.6 is 0 Å². The van der Waals surface area contributed by atoms with Gasteiger partial charge < -0.3 is 14.2 Å². The quantitative estimate of drug-likeness (QED) is 0.790. The van der Waals surface area contributed by atoms with Crippen molar-refractivity contribution in [2.24, 2.45) is 0 Å². The summed E-state index contributed by atoms with van der Waals surface area (Å²) in [6, 6.07) is 9.90. The maximum absolute atomic E-state index is 11.5. The minimum Gasteiger partial charge on any atom is -0.370 e. The van der Waals surface area contributed by atoms with Gasteiger partial charge >= 0.3 is 0 Å². The van der Waals surface area contributed by atoms with Crippen molar-refractivity contribution in [2.45, 2.75) is 31.5 Å². The molecule has 1 aromatic rings. The standard InChI is InChI=1S/C13H14O4/c14-10-6-11(12-8-16-13(10)17-12)15-7-9-4-2-1-3-5-9/h1-5,11-13H,6-8H2/t11-,12?,13+/m0/s1. The minimum absolute atomic E-state index is 0.0168. The number of fused-ring (bicyclic) bond motifs is 2. The molecule has 0 aromatic heterocycles. The largest absolute Gasteiger partial charge is 0.370 e. The van der Waals surface area contributed by atoms with E-state index in [1.54, 1.807) is 0 Å². The number of rotatable bonds is 3. The van der Waals surface area contributed by atoms with Crippen LogP contribution in [0, 0.1) is 0 Å². The van der Waals surface area contributed by atoms with Gasteiger partial charge in [-0.05, 0) is 5.56 Å². The van der Waals surface area contributed by atoms with Gasteiger partial charge in [-0.2, -0.15) is 0 Å². The van der Waals surface area contributed by atoms with E-state index >= 15 is 0 Å². The van der Waals surface area contributed by atoms with Gasteiger partial charge in [-0.25, -0.2) is 0 Å². The Morgan fingerprint density at radius 1 is 1.29 bits per heavy atom. The van der Waals surface area contributed by atoms with Crippen LogP contribution in [0.5, 0.6) is 0 Å². The van der Waals surface area contributed by atoms with Gasteiger partial charge in [0.15, 0.2) is 5.78 Å². The Bertz CT molecular complexity index is 403. The smallest absolute Gasteiger partial charge is 0.218 e. The summed E-state index contributed by atoms with van der Waals surface area (Å²) in [5.74, 6) is -0.0168. The molecule has 0 saturated carbocycles. The zero-order valence-corrected chi connectivity index (χ0v) is 9.37. The van der Waals surface area contributed by atoms with E-state index in [0.717, 1.165) is 5.56 Å². The molecule has 2 fully saturated rings. The highest BCUT2D eigenvalue weighted by atomic mass is 16.7. The molecular weight excluding hydrogens is 220 g/mol. The fraction of sp³-hybridized carbons (Fsp3) is 0.462. The van der Waals surface area contributed by atoms with Crippen LogP contribution < -0.4 is 0 Å². The molecule has 2 heterocycles. The molecule has 2 aliphatic rings. The van der Waals surface area contributed by atoms with Crippen LogP contribution in [-0.4, -0.2) is 30.9 Å². The van der Waals surface area contributed by atoms with Crippen molar-refractivity contribution in [1.29, 1.82) is 0 Å². The molecule has 4 nitrogen and oxygen atoms in total. The molecule has 0 N–H and O–H groups in total. The van der Waals surface area contributed by atoms with Crippen molar-refractivity contribution in [3.05, 3.63) is 35.9 Å². The predicted molar refractivity (Wildman–Crippen MR) is 59.3 cm³/mol. The Hall–Kier alpha value is -1.23. The van der Waals surface area contributed by atoms with E-state index in [4.69, 9.17) is 14.2 Å². The van der Waals surface area contributed by atoms with Crippen LogP contribution in [0.1, 0.15) is 12.0 Å². The highest BCUT2D eigenvalue weighted by Gasteiger charge is 2.43. The molecule has 2 bridgehead atoms. The highest BCUT2D eigenvalue weighted by Crippen LogP contribution is 2.27. The van der Waals surface area contributed by atoms with Crippen molar-refractivity contribution < 1.29 is 19.0 Å². The first-order chi connectivity index (χ1) is 8.33. The van der Waals surface area contributed by atoms with Crippen molar-refractivity contribution >= 4 is 5.78 Å². The van der Waals surface area contributed by atoms with E-state index in [-0.39, 0.29) is 18.0 Å². The highest BCUT2D eigenvalue weighted by molar-refractivity contribution is 5.83.